The highest BCUT2D eigenvalue weighted by Crippen LogP contribution is 2.44. The smallest absolute Gasteiger partial charge is 0.213 e. The third kappa shape index (κ3) is 3.32. The van der Waals surface area contributed by atoms with E-state index in [0.717, 1.165) is 11.3 Å². The topological polar surface area (TPSA) is 49.8 Å². The Morgan fingerprint density at radius 3 is 2.77 bits per heavy atom. The standard InChI is InChI=1S/C24H22FNO4/c1-14-13-28-22-11-15(3-5-17(14)22)29-21-8-6-18-20(9-7-19(25)24(18)21)30-16-4-10-23(27-2)26-12-16/h3-5,7,9-12,14,21H,6,8,13H2,1-2H3. The SMILES string of the molecule is COc1ccc(Oc2ccc(F)c3c2CCC3Oc2ccc3c(c2)OCC3C)cn1. The van der Waals surface area contributed by atoms with Gasteiger partial charge in [-0.3, -0.25) is 0 Å². The van der Waals surface area contributed by atoms with E-state index >= 15 is 0 Å². The molecule has 3 aromatic rings. The molecule has 0 spiro atoms. The van der Waals surface area contributed by atoms with E-state index in [1.807, 2.05) is 18.2 Å². The molecule has 0 N–H and O–H groups in total. The average Bonchev–Trinajstić information content (AvgIpc) is 3.35. The van der Waals surface area contributed by atoms with Gasteiger partial charge >= 0.3 is 0 Å². The van der Waals surface area contributed by atoms with Gasteiger partial charge in [0.15, 0.2) is 0 Å². The van der Waals surface area contributed by atoms with Gasteiger partial charge in [-0.05, 0) is 37.1 Å². The number of hydrogen-bond donors (Lipinski definition) is 0. The summed E-state index contributed by atoms with van der Waals surface area (Å²) >= 11 is 0. The summed E-state index contributed by atoms with van der Waals surface area (Å²) < 4.78 is 37.7. The van der Waals surface area contributed by atoms with Gasteiger partial charge in [-0.25, -0.2) is 9.37 Å². The third-order valence-corrected chi connectivity index (χ3v) is 5.67. The van der Waals surface area contributed by atoms with Crippen molar-refractivity contribution in [3.05, 3.63) is 71.2 Å². The van der Waals surface area contributed by atoms with Gasteiger partial charge in [0.2, 0.25) is 5.88 Å². The van der Waals surface area contributed by atoms with Gasteiger partial charge in [0.05, 0.1) is 19.9 Å². The largest absolute Gasteiger partial charge is 0.493 e. The predicted molar refractivity (Wildman–Crippen MR) is 109 cm³/mol. The van der Waals surface area contributed by atoms with Crippen molar-refractivity contribution in [1.29, 1.82) is 0 Å². The second-order valence-corrected chi connectivity index (χ2v) is 7.63. The first-order chi connectivity index (χ1) is 14.6. The maximum atomic E-state index is 14.7. The molecule has 2 unspecified atom stereocenters. The highest BCUT2D eigenvalue weighted by molar-refractivity contribution is 5.49. The van der Waals surface area contributed by atoms with Crippen LogP contribution in [0.15, 0.2) is 48.7 Å². The Hall–Kier alpha value is -3.28. The monoisotopic (exact) mass is 407 g/mol. The van der Waals surface area contributed by atoms with E-state index in [2.05, 4.69) is 11.9 Å². The molecule has 1 aliphatic heterocycles. The Balaban J connectivity index is 1.39. The van der Waals surface area contributed by atoms with Gasteiger partial charge in [-0.2, -0.15) is 0 Å². The molecule has 2 aromatic carbocycles. The fraction of sp³-hybridized carbons (Fsp3) is 0.292. The molecule has 30 heavy (non-hydrogen) atoms. The zero-order valence-corrected chi connectivity index (χ0v) is 16.9. The molecule has 0 saturated carbocycles. The van der Waals surface area contributed by atoms with Crippen molar-refractivity contribution in [2.75, 3.05) is 13.7 Å². The number of aromatic nitrogens is 1. The molecule has 2 aliphatic rings. The molecule has 6 heteroatoms. The van der Waals surface area contributed by atoms with Gasteiger partial charge in [0.1, 0.15) is 34.9 Å². The number of rotatable bonds is 5. The average molecular weight is 407 g/mol. The number of halogens is 1. The van der Waals surface area contributed by atoms with Crippen molar-refractivity contribution in [1.82, 2.24) is 4.98 Å². The lowest BCUT2D eigenvalue weighted by Crippen LogP contribution is -2.06. The quantitative estimate of drug-likeness (QED) is 0.552. The van der Waals surface area contributed by atoms with Crippen LogP contribution in [-0.4, -0.2) is 18.7 Å². The normalized spacial score (nSPS) is 19.0. The number of hydrogen-bond acceptors (Lipinski definition) is 5. The van der Waals surface area contributed by atoms with Crippen LogP contribution in [-0.2, 0) is 6.42 Å². The zero-order valence-electron chi connectivity index (χ0n) is 16.9. The number of ether oxygens (including phenoxy) is 4. The molecule has 154 valence electrons. The van der Waals surface area contributed by atoms with Gasteiger partial charge in [0.25, 0.3) is 0 Å². The van der Waals surface area contributed by atoms with Crippen molar-refractivity contribution in [3.8, 4) is 28.9 Å². The van der Waals surface area contributed by atoms with Crippen LogP contribution in [0.4, 0.5) is 4.39 Å². The van der Waals surface area contributed by atoms with Crippen LogP contribution in [0, 0.1) is 5.82 Å². The summed E-state index contributed by atoms with van der Waals surface area (Å²) in [4.78, 5) is 4.15. The lowest BCUT2D eigenvalue weighted by atomic mass is 10.0. The number of nitrogens with zero attached hydrogens (tertiary/aromatic N) is 1. The maximum absolute atomic E-state index is 14.7. The number of benzene rings is 2. The second kappa shape index (κ2) is 7.52. The minimum Gasteiger partial charge on any atom is -0.493 e. The highest BCUT2D eigenvalue weighted by atomic mass is 19.1. The minimum atomic E-state index is -0.366. The molecule has 0 radical (unpaired) electrons. The number of fused-ring (bicyclic) bond motifs is 2. The summed E-state index contributed by atoms with van der Waals surface area (Å²) in [5.41, 5.74) is 2.58. The fourth-order valence-corrected chi connectivity index (χ4v) is 4.12. The van der Waals surface area contributed by atoms with Crippen molar-refractivity contribution in [2.24, 2.45) is 0 Å². The van der Waals surface area contributed by atoms with E-state index in [-0.39, 0.29) is 11.9 Å². The van der Waals surface area contributed by atoms with Crippen LogP contribution in [0.3, 0.4) is 0 Å². The van der Waals surface area contributed by atoms with Crippen molar-refractivity contribution in [3.63, 3.8) is 0 Å². The van der Waals surface area contributed by atoms with Crippen molar-refractivity contribution in [2.45, 2.75) is 31.8 Å². The first-order valence-electron chi connectivity index (χ1n) is 10.0. The van der Waals surface area contributed by atoms with Crippen LogP contribution < -0.4 is 18.9 Å². The van der Waals surface area contributed by atoms with Crippen LogP contribution in [0.5, 0.6) is 28.9 Å². The maximum Gasteiger partial charge on any atom is 0.213 e. The van der Waals surface area contributed by atoms with Crippen LogP contribution in [0.25, 0.3) is 0 Å². The van der Waals surface area contributed by atoms with E-state index in [1.165, 1.54) is 11.6 Å². The van der Waals surface area contributed by atoms with Gasteiger partial charge < -0.3 is 18.9 Å². The lowest BCUT2D eigenvalue weighted by Gasteiger charge is -2.17. The first kappa shape index (κ1) is 18.7. The predicted octanol–water partition coefficient (Wildman–Crippen LogP) is 5.58. The summed E-state index contributed by atoms with van der Waals surface area (Å²) in [7, 11) is 1.56. The molecular weight excluding hydrogens is 385 g/mol. The molecule has 0 bridgehead atoms. The van der Waals surface area contributed by atoms with Gasteiger partial charge in [0, 0.05) is 34.7 Å². The molecule has 0 amide bonds. The second-order valence-electron chi connectivity index (χ2n) is 7.63. The Morgan fingerprint density at radius 2 is 1.97 bits per heavy atom. The van der Waals surface area contributed by atoms with E-state index < -0.39 is 0 Å². The van der Waals surface area contributed by atoms with Crippen molar-refractivity contribution < 1.29 is 23.3 Å². The van der Waals surface area contributed by atoms with Gasteiger partial charge in [-0.15, -0.1) is 0 Å². The molecule has 5 rings (SSSR count). The van der Waals surface area contributed by atoms with E-state index in [9.17, 15) is 4.39 Å². The molecule has 1 aromatic heterocycles. The Morgan fingerprint density at radius 1 is 1.10 bits per heavy atom. The van der Waals surface area contributed by atoms with Crippen LogP contribution in [0.1, 0.15) is 42.1 Å². The first-order valence-corrected chi connectivity index (χ1v) is 10.0. The van der Waals surface area contributed by atoms with Gasteiger partial charge in [-0.1, -0.05) is 13.0 Å². The summed E-state index contributed by atoms with van der Waals surface area (Å²) in [5, 5.41) is 0. The zero-order chi connectivity index (χ0) is 20.7. The third-order valence-electron chi connectivity index (χ3n) is 5.67. The number of methoxy groups -OCH3 is 1. The minimum absolute atomic E-state index is 0.279. The summed E-state index contributed by atoms with van der Waals surface area (Å²) in [5.74, 6) is 3.33. The molecule has 0 saturated heterocycles. The van der Waals surface area contributed by atoms with Crippen LogP contribution >= 0.6 is 0 Å². The molecule has 0 fully saturated rings. The molecule has 2 heterocycles. The molecule has 5 nitrogen and oxygen atoms in total. The van der Waals surface area contributed by atoms with E-state index in [0.29, 0.717) is 54.1 Å². The van der Waals surface area contributed by atoms with Crippen molar-refractivity contribution >= 4 is 0 Å². The number of pyridine rings is 1. The lowest BCUT2D eigenvalue weighted by molar-refractivity contribution is 0.202. The summed E-state index contributed by atoms with van der Waals surface area (Å²) in [6.45, 7) is 2.81. The molecular formula is C24H22FNO4. The molecule has 2 atom stereocenters. The highest BCUT2D eigenvalue weighted by Gasteiger charge is 2.31. The summed E-state index contributed by atoms with van der Waals surface area (Å²) in [6.07, 6.45) is 2.58. The summed E-state index contributed by atoms with van der Waals surface area (Å²) in [6, 6.07) is 12.5. The Bertz CT molecular complexity index is 1080. The molecule has 1 aliphatic carbocycles. The van der Waals surface area contributed by atoms with Crippen LogP contribution in [0.2, 0.25) is 0 Å². The fourth-order valence-electron chi connectivity index (χ4n) is 4.12. The Kier molecular flexibility index (Phi) is 4.69. The Labute approximate surface area is 174 Å². The van der Waals surface area contributed by atoms with E-state index in [4.69, 9.17) is 18.9 Å². The van der Waals surface area contributed by atoms with E-state index in [1.54, 1.807) is 31.5 Å².